The molecule has 32 heavy (non-hydrogen) atoms. The number of aromatic nitrogens is 2. The third-order valence-corrected chi connectivity index (χ3v) is 5.15. The lowest BCUT2D eigenvalue weighted by atomic mass is 10.1. The predicted octanol–water partition coefficient (Wildman–Crippen LogP) is 5.06. The van der Waals surface area contributed by atoms with Crippen molar-refractivity contribution >= 4 is 22.6 Å². The fourth-order valence-corrected chi connectivity index (χ4v) is 3.67. The van der Waals surface area contributed by atoms with E-state index in [1.807, 2.05) is 66.7 Å². The number of hydrogen-bond acceptors (Lipinski definition) is 5. The molecule has 0 aliphatic rings. The number of carbonyl (C=O) groups is 1. The molecule has 2 aromatic heterocycles. The number of rotatable bonds is 9. The monoisotopic (exact) mass is 428 g/mol. The Kier molecular flexibility index (Phi) is 6.80. The minimum absolute atomic E-state index is 0.0169. The van der Waals surface area contributed by atoms with Crippen molar-refractivity contribution in [2.75, 3.05) is 18.0 Å². The van der Waals surface area contributed by atoms with Gasteiger partial charge in [-0.15, -0.1) is 0 Å². The van der Waals surface area contributed by atoms with E-state index in [4.69, 9.17) is 14.4 Å². The molecule has 0 aliphatic heterocycles. The smallest absolute Gasteiger partial charge is 0.222 e. The van der Waals surface area contributed by atoms with Crippen molar-refractivity contribution in [2.24, 2.45) is 5.92 Å². The number of carbonyl (C=O) groups excluding carboxylic acids is 1. The van der Waals surface area contributed by atoms with Crippen LogP contribution in [0.15, 0.2) is 77.4 Å². The first-order chi connectivity index (χ1) is 15.6. The number of fused-ring (bicyclic) bond motifs is 1. The third-order valence-electron chi connectivity index (χ3n) is 5.15. The largest absolute Gasteiger partial charge is 0.467 e. The van der Waals surface area contributed by atoms with E-state index in [0.29, 0.717) is 31.3 Å². The molecule has 0 fully saturated rings. The van der Waals surface area contributed by atoms with Crippen LogP contribution in [0.3, 0.4) is 0 Å². The number of anilines is 1. The van der Waals surface area contributed by atoms with Gasteiger partial charge in [-0.05, 0) is 30.2 Å². The average molecular weight is 429 g/mol. The van der Waals surface area contributed by atoms with Crippen molar-refractivity contribution in [2.45, 2.75) is 26.8 Å². The summed E-state index contributed by atoms with van der Waals surface area (Å²) in [6, 6.07) is 21.7. The first-order valence-corrected chi connectivity index (χ1v) is 11.0. The molecule has 164 valence electrons. The van der Waals surface area contributed by atoms with E-state index >= 15 is 0 Å². The molecule has 4 rings (SSSR count). The van der Waals surface area contributed by atoms with Gasteiger partial charge in [0.25, 0.3) is 0 Å². The molecule has 4 aromatic rings. The van der Waals surface area contributed by atoms with Crippen molar-refractivity contribution in [3.05, 3.63) is 78.8 Å². The second-order valence-electron chi connectivity index (χ2n) is 8.20. The molecule has 0 saturated heterocycles. The van der Waals surface area contributed by atoms with E-state index in [9.17, 15) is 4.79 Å². The Bertz CT molecular complexity index is 1160. The van der Waals surface area contributed by atoms with Crippen molar-refractivity contribution < 1.29 is 9.21 Å². The van der Waals surface area contributed by atoms with E-state index in [2.05, 4.69) is 24.1 Å². The van der Waals surface area contributed by atoms with E-state index < -0.39 is 0 Å². The molecule has 0 unspecified atom stereocenters. The van der Waals surface area contributed by atoms with Gasteiger partial charge in [-0.3, -0.25) is 4.79 Å². The Labute approximate surface area is 188 Å². The van der Waals surface area contributed by atoms with Crippen molar-refractivity contribution in [3.8, 4) is 11.4 Å². The Morgan fingerprint density at radius 3 is 2.53 bits per heavy atom. The lowest BCUT2D eigenvalue weighted by molar-refractivity contribution is -0.121. The second kappa shape index (κ2) is 10.1. The average Bonchev–Trinajstić information content (AvgIpc) is 3.34. The fraction of sp³-hybridized carbons (Fsp3) is 0.269. The fourth-order valence-electron chi connectivity index (χ4n) is 3.67. The maximum Gasteiger partial charge on any atom is 0.222 e. The zero-order chi connectivity index (χ0) is 22.3. The van der Waals surface area contributed by atoms with Crippen molar-refractivity contribution in [3.63, 3.8) is 0 Å². The van der Waals surface area contributed by atoms with Gasteiger partial charge in [0, 0.05) is 30.5 Å². The Hall–Kier alpha value is -3.67. The van der Waals surface area contributed by atoms with E-state index in [1.165, 1.54) is 0 Å². The Balaban J connectivity index is 1.60. The third kappa shape index (κ3) is 5.32. The number of nitrogens with one attached hydrogen (secondary N) is 1. The molecule has 2 aromatic carbocycles. The maximum absolute atomic E-state index is 12.5. The molecule has 6 nitrogen and oxygen atoms in total. The van der Waals surface area contributed by atoms with Crippen LogP contribution in [0.2, 0.25) is 0 Å². The van der Waals surface area contributed by atoms with Crippen LogP contribution in [0, 0.1) is 5.92 Å². The Morgan fingerprint density at radius 1 is 1.00 bits per heavy atom. The van der Waals surface area contributed by atoms with Crippen molar-refractivity contribution in [1.82, 2.24) is 15.3 Å². The van der Waals surface area contributed by atoms with Gasteiger partial charge in [-0.25, -0.2) is 9.97 Å². The van der Waals surface area contributed by atoms with E-state index in [0.717, 1.165) is 34.6 Å². The molecule has 2 heterocycles. The highest BCUT2D eigenvalue weighted by Crippen LogP contribution is 2.28. The highest BCUT2D eigenvalue weighted by Gasteiger charge is 2.18. The zero-order valence-electron chi connectivity index (χ0n) is 18.5. The standard InChI is InChI=1S/C26H28N4O2/c1-19(2)18-30(15-14-24(31)27-17-21-11-8-16-32-21)26-22-12-6-7-13-23(22)28-25(29-26)20-9-4-3-5-10-20/h3-13,16,19H,14-15,17-18H2,1-2H3,(H,27,31). The van der Waals surface area contributed by atoms with Gasteiger partial charge in [0.2, 0.25) is 5.91 Å². The molecule has 6 heteroatoms. The summed E-state index contributed by atoms with van der Waals surface area (Å²) in [5.41, 5.74) is 1.87. The van der Waals surface area contributed by atoms with Crippen LogP contribution in [0.25, 0.3) is 22.3 Å². The minimum atomic E-state index is -0.0169. The number of benzene rings is 2. The van der Waals surface area contributed by atoms with Crippen LogP contribution in [0.5, 0.6) is 0 Å². The lowest BCUT2D eigenvalue weighted by Gasteiger charge is -2.27. The van der Waals surface area contributed by atoms with Crippen LogP contribution in [0.1, 0.15) is 26.0 Å². The number of hydrogen-bond donors (Lipinski definition) is 1. The molecule has 1 amide bonds. The summed E-state index contributed by atoms with van der Waals surface area (Å²) in [5, 5.41) is 3.92. The molecule has 0 spiro atoms. The van der Waals surface area contributed by atoms with Gasteiger partial charge in [-0.2, -0.15) is 0 Å². The molecule has 1 N–H and O–H groups in total. The SMILES string of the molecule is CC(C)CN(CCC(=O)NCc1ccco1)c1nc(-c2ccccc2)nc2ccccc12. The quantitative estimate of drug-likeness (QED) is 0.403. The minimum Gasteiger partial charge on any atom is -0.467 e. The number of para-hydroxylation sites is 1. The molecule has 0 radical (unpaired) electrons. The number of furan rings is 1. The highest BCUT2D eigenvalue weighted by molar-refractivity contribution is 5.91. The van der Waals surface area contributed by atoms with Gasteiger partial charge >= 0.3 is 0 Å². The normalized spacial score (nSPS) is 11.1. The lowest BCUT2D eigenvalue weighted by Crippen LogP contribution is -2.33. The molecular formula is C26H28N4O2. The molecule has 0 aliphatic carbocycles. The van der Waals surface area contributed by atoms with Crippen molar-refractivity contribution in [1.29, 1.82) is 0 Å². The summed E-state index contributed by atoms with van der Waals surface area (Å²) in [5.74, 6) is 2.69. The Morgan fingerprint density at radius 2 is 1.78 bits per heavy atom. The second-order valence-corrected chi connectivity index (χ2v) is 8.20. The summed E-state index contributed by atoms with van der Waals surface area (Å²) >= 11 is 0. The first kappa shape index (κ1) is 21.6. The van der Waals surface area contributed by atoms with E-state index in [-0.39, 0.29) is 5.91 Å². The summed E-state index contributed by atoms with van der Waals surface area (Å²) < 4.78 is 5.29. The van der Waals surface area contributed by atoms with Crippen LogP contribution >= 0.6 is 0 Å². The molecule has 0 atom stereocenters. The van der Waals surface area contributed by atoms with Crippen LogP contribution in [-0.2, 0) is 11.3 Å². The van der Waals surface area contributed by atoms with Crippen LogP contribution < -0.4 is 10.2 Å². The topological polar surface area (TPSA) is 71.3 Å². The van der Waals surface area contributed by atoms with Gasteiger partial charge in [0.05, 0.1) is 18.3 Å². The summed E-state index contributed by atoms with van der Waals surface area (Å²) in [6.07, 6.45) is 1.98. The van der Waals surface area contributed by atoms with Gasteiger partial charge in [0.1, 0.15) is 11.6 Å². The molecular weight excluding hydrogens is 400 g/mol. The number of amides is 1. The van der Waals surface area contributed by atoms with Crippen LogP contribution in [0.4, 0.5) is 5.82 Å². The first-order valence-electron chi connectivity index (χ1n) is 11.0. The van der Waals surface area contributed by atoms with Gasteiger partial charge < -0.3 is 14.6 Å². The summed E-state index contributed by atoms with van der Waals surface area (Å²) in [7, 11) is 0. The number of nitrogens with zero attached hydrogens (tertiary/aromatic N) is 3. The van der Waals surface area contributed by atoms with E-state index in [1.54, 1.807) is 6.26 Å². The van der Waals surface area contributed by atoms with Gasteiger partial charge in [-0.1, -0.05) is 56.3 Å². The van der Waals surface area contributed by atoms with Gasteiger partial charge in [0.15, 0.2) is 5.82 Å². The highest BCUT2D eigenvalue weighted by atomic mass is 16.3. The molecule has 0 bridgehead atoms. The molecule has 0 saturated carbocycles. The summed E-state index contributed by atoms with van der Waals surface area (Å²) in [4.78, 5) is 24.5. The van der Waals surface area contributed by atoms with Crippen LogP contribution in [-0.4, -0.2) is 29.0 Å². The zero-order valence-corrected chi connectivity index (χ0v) is 18.5. The maximum atomic E-state index is 12.5. The summed E-state index contributed by atoms with van der Waals surface area (Å²) in [6.45, 7) is 6.10. The predicted molar refractivity (Wildman–Crippen MR) is 127 cm³/mol.